The van der Waals surface area contributed by atoms with Crippen molar-refractivity contribution in [2.24, 2.45) is 5.92 Å². The molecule has 0 aromatic heterocycles. The van der Waals surface area contributed by atoms with Gasteiger partial charge >= 0.3 is 54.3 Å². The van der Waals surface area contributed by atoms with Crippen molar-refractivity contribution >= 4 is 13.6 Å². The van der Waals surface area contributed by atoms with Gasteiger partial charge in [0.05, 0.1) is 0 Å². The number of carbonyl (C=O) groups excluding carboxylic acids is 2. The van der Waals surface area contributed by atoms with Crippen LogP contribution in [0.2, 0.25) is 0 Å². The molecule has 0 unspecified atom stereocenters. The number of alkyl halides is 14. The van der Waals surface area contributed by atoms with Crippen molar-refractivity contribution in [3.63, 3.8) is 0 Å². The summed E-state index contributed by atoms with van der Waals surface area (Å²) in [6, 6.07) is 0. The molecule has 0 aromatic carbocycles. The minimum Gasteiger partial charge on any atom is -0.854 e. The summed E-state index contributed by atoms with van der Waals surface area (Å²) in [5.41, 5.74) is -12.4. The summed E-state index contributed by atoms with van der Waals surface area (Å²) < 4.78 is 177. The van der Waals surface area contributed by atoms with Gasteiger partial charge in [0.15, 0.2) is 0 Å². The van der Waals surface area contributed by atoms with E-state index < -0.39 is 74.3 Å². The van der Waals surface area contributed by atoms with Crippen molar-refractivity contribution in [1.82, 2.24) is 0 Å². The molecule has 0 fully saturated rings. The van der Waals surface area contributed by atoms with E-state index in [1.807, 2.05) is 13.6 Å². The van der Waals surface area contributed by atoms with Crippen LogP contribution in [0.1, 0.15) is 25.7 Å². The Morgan fingerprint density at radius 3 is 0.938 bits per heavy atom. The van der Waals surface area contributed by atoms with E-state index in [0.29, 0.717) is 0 Å². The SMILES string of the molecule is C=O.C=O.[Na+].[O-]CCCC(CC(F)(C(F)(F)F)C(F)(F)F)CC(F)(C(F)(F)F)C(F)(F)F. The van der Waals surface area contributed by atoms with Gasteiger partial charge in [-0.2, -0.15) is 52.7 Å². The quantitative estimate of drug-likeness (QED) is 0.381. The van der Waals surface area contributed by atoms with Gasteiger partial charge in [-0.15, -0.1) is 6.61 Å². The van der Waals surface area contributed by atoms with Crippen LogP contribution in [0.25, 0.3) is 0 Å². The molecule has 18 heteroatoms. The third-order valence-electron chi connectivity index (χ3n) is 3.69. The Hall–Kier alpha value is -0.680. The zero-order chi connectivity index (χ0) is 26.1. The monoisotopic (exact) mass is 520 g/mol. The minimum atomic E-state index is -6.75. The molecule has 32 heavy (non-hydrogen) atoms. The van der Waals surface area contributed by atoms with Crippen molar-refractivity contribution in [2.45, 2.75) is 61.7 Å². The van der Waals surface area contributed by atoms with Crippen LogP contribution in [0.3, 0.4) is 0 Å². The van der Waals surface area contributed by atoms with Gasteiger partial charge in [0.1, 0.15) is 13.6 Å². The molecule has 0 radical (unpaired) electrons. The minimum absolute atomic E-state index is 0. The Morgan fingerprint density at radius 1 is 0.562 bits per heavy atom. The van der Waals surface area contributed by atoms with Crippen LogP contribution in [-0.4, -0.2) is 56.2 Å². The summed E-state index contributed by atoms with van der Waals surface area (Å²) in [7, 11) is 0. The van der Waals surface area contributed by atoms with E-state index >= 15 is 0 Å². The zero-order valence-electron chi connectivity index (χ0n) is 16.0. The normalized spacial score (nSPS) is 13.4. The third-order valence-corrected chi connectivity index (χ3v) is 3.69. The van der Waals surface area contributed by atoms with Gasteiger partial charge < -0.3 is 14.7 Å². The van der Waals surface area contributed by atoms with Crippen LogP contribution >= 0.6 is 0 Å². The fourth-order valence-electron chi connectivity index (χ4n) is 2.23. The average molecular weight is 520 g/mol. The van der Waals surface area contributed by atoms with E-state index in [0.717, 1.165) is 0 Å². The molecule has 0 bridgehead atoms. The van der Waals surface area contributed by atoms with Gasteiger partial charge in [-0.1, -0.05) is 12.8 Å². The van der Waals surface area contributed by atoms with E-state index in [-0.39, 0.29) is 29.6 Å². The van der Waals surface area contributed by atoms with Crippen LogP contribution < -0.4 is 34.7 Å². The van der Waals surface area contributed by atoms with E-state index in [2.05, 4.69) is 0 Å². The van der Waals surface area contributed by atoms with Crippen molar-refractivity contribution in [1.29, 1.82) is 0 Å². The van der Waals surface area contributed by atoms with Crippen LogP contribution in [-0.2, 0) is 9.59 Å². The topological polar surface area (TPSA) is 57.2 Å². The number of halogens is 14. The zero-order valence-corrected chi connectivity index (χ0v) is 18.0. The van der Waals surface area contributed by atoms with Gasteiger partial charge in [0.2, 0.25) is 0 Å². The predicted molar refractivity (Wildman–Crippen MR) is 73.0 cm³/mol. The Bertz CT molecular complexity index is 445. The molecule has 0 atom stereocenters. The fourth-order valence-corrected chi connectivity index (χ4v) is 2.23. The number of rotatable bonds is 7. The molecule has 0 spiro atoms. The van der Waals surface area contributed by atoms with Crippen molar-refractivity contribution < 1.29 is 106 Å². The van der Waals surface area contributed by atoms with Crippen molar-refractivity contribution in [2.75, 3.05) is 6.61 Å². The van der Waals surface area contributed by atoms with Gasteiger partial charge in [0, 0.05) is 12.8 Å². The predicted octanol–water partition coefficient (Wildman–Crippen LogP) is 1.82. The van der Waals surface area contributed by atoms with E-state index in [9.17, 15) is 66.6 Å². The summed E-state index contributed by atoms with van der Waals surface area (Å²) in [4.78, 5) is 16.0. The number of carbonyl (C=O) groups is 2. The molecular weight excluding hydrogens is 505 g/mol. The second-order valence-electron chi connectivity index (χ2n) is 5.71. The largest absolute Gasteiger partial charge is 1.00 e. The molecule has 0 saturated heterocycles. The second kappa shape index (κ2) is 13.9. The Kier molecular flexibility index (Phi) is 16.7. The summed E-state index contributed by atoms with van der Waals surface area (Å²) in [5.74, 6) is -3.04. The van der Waals surface area contributed by atoms with E-state index in [1.165, 1.54) is 0 Å². The molecule has 0 aliphatic carbocycles. The summed E-state index contributed by atoms with van der Waals surface area (Å²) in [6.45, 7) is 2.69. The summed E-state index contributed by atoms with van der Waals surface area (Å²) >= 11 is 0. The molecule has 0 heterocycles. The maximum absolute atomic E-state index is 13.6. The van der Waals surface area contributed by atoms with Crippen molar-refractivity contribution in [3.8, 4) is 0 Å². The first kappa shape index (κ1) is 38.6. The molecule has 0 aliphatic heterocycles. The molecular formula is C14H15F14NaO3. The Labute approximate surface area is 193 Å². The summed E-state index contributed by atoms with van der Waals surface area (Å²) in [6.07, 6.45) is -35.4. The smallest absolute Gasteiger partial charge is 0.854 e. The molecule has 0 rings (SSSR count). The first-order chi connectivity index (χ1) is 13.6. The van der Waals surface area contributed by atoms with Gasteiger partial charge in [0.25, 0.3) is 11.3 Å². The van der Waals surface area contributed by atoms with Gasteiger partial charge in [-0.3, -0.25) is 0 Å². The standard InChI is InChI=1S/C12H11F14O.2CH2O.Na/c13-7(9(15,16)17,10(18,19)20)4-6(2-1-3-27)5-8(14,11(21,22)23)12(24,25)26;2*1-2;/h6H,1-5H2;2*1H2;/q-1;;;+1. The van der Waals surface area contributed by atoms with Crippen LogP contribution in [0.4, 0.5) is 61.5 Å². The average Bonchev–Trinajstić information content (AvgIpc) is 2.59. The third kappa shape index (κ3) is 9.67. The van der Waals surface area contributed by atoms with E-state index in [4.69, 9.17) is 9.59 Å². The van der Waals surface area contributed by atoms with Gasteiger partial charge in [-0.25, -0.2) is 8.78 Å². The molecule has 0 amide bonds. The molecule has 0 N–H and O–H groups in total. The fraction of sp³-hybridized carbons (Fsp3) is 0.857. The Balaban J connectivity index is -0.000000737. The van der Waals surface area contributed by atoms with E-state index in [1.54, 1.807) is 0 Å². The molecule has 3 nitrogen and oxygen atoms in total. The molecule has 0 saturated carbocycles. The first-order valence-corrected chi connectivity index (χ1v) is 7.44. The molecule has 0 aliphatic rings. The Morgan fingerprint density at radius 2 is 0.781 bits per heavy atom. The molecule has 0 aromatic rings. The first-order valence-electron chi connectivity index (χ1n) is 7.44. The number of hydrogen-bond acceptors (Lipinski definition) is 3. The van der Waals surface area contributed by atoms with Crippen LogP contribution in [0, 0.1) is 5.92 Å². The van der Waals surface area contributed by atoms with Crippen molar-refractivity contribution in [3.05, 3.63) is 0 Å². The number of hydrogen-bond donors (Lipinski definition) is 0. The van der Waals surface area contributed by atoms with Gasteiger partial charge in [-0.05, 0) is 5.92 Å². The molecule has 188 valence electrons. The second-order valence-corrected chi connectivity index (χ2v) is 5.71. The van der Waals surface area contributed by atoms with Crippen LogP contribution in [0.5, 0.6) is 0 Å². The maximum Gasteiger partial charge on any atom is 1.00 e. The summed E-state index contributed by atoms with van der Waals surface area (Å²) in [5, 5.41) is 10.3. The van der Waals surface area contributed by atoms with Crippen LogP contribution in [0.15, 0.2) is 0 Å². The maximum atomic E-state index is 13.6.